The minimum Gasteiger partial charge on any atom is -0.495 e. The molecule has 130 valence electrons. The fraction of sp³-hybridized carbons (Fsp3) is 0.0556. The molecule has 3 N–H and O–H groups in total. The number of methoxy groups -OCH3 is 1. The number of nitrogens with zero attached hydrogens (tertiary/aromatic N) is 3. The zero-order valence-corrected chi connectivity index (χ0v) is 14.5. The van der Waals surface area contributed by atoms with E-state index in [9.17, 15) is 0 Å². The molecule has 0 saturated heterocycles. The molecule has 0 unspecified atom stereocenters. The lowest BCUT2D eigenvalue weighted by molar-refractivity contribution is 0.417. The van der Waals surface area contributed by atoms with Crippen molar-refractivity contribution >= 4 is 40.2 Å². The average molecular weight is 368 g/mol. The van der Waals surface area contributed by atoms with Gasteiger partial charge in [-0.15, -0.1) is 0 Å². The largest absolute Gasteiger partial charge is 0.495 e. The first kappa shape index (κ1) is 16.2. The van der Waals surface area contributed by atoms with Crippen molar-refractivity contribution < 1.29 is 9.15 Å². The van der Waals surface area contributed by atoms with Gasteiger partial charge in [-0.2, -0.15) is 15.0 Å². The number of hydrogen-bond acceptors (Lipinski definition) is 7. The summed E-state index contributed by atoms with van der Waals surface area (Å²) < 4.78 is 11.1. The highest BCUT2D eigenvalue weighted by atomic mass is 35.5. The molecule has 7 nitrogen and oxygen atoms in total. The molecule has 0 amide bonds. The van der Waals surface area contributed by atoms with Crippen molar-refractivity contribution in [1.29, 1.82) is 0 Å². The Morgan fingerprint density at radius 1 is 1.08 bits per heavy atom. The molecule has 8 heteroatoms. The van der Waals surface area contributed by atoms with Crippen molar-refractivity contribution in [2.75, 3.05) is 18.2 Å². The van der Waals surface area contributed by atoms with E-state index in [0.717, 1.165) is 11.0 Å². The van der Waals surface area contributed by atoms with E-state index in [2.05, 4.69) is 20.3 Å². The van der Waals surface area contributed by atoms with Gasteiger partial charge in [0.15, 0.2) is 5.76 Å². The fourth-order valence-corrected chi connectivity index (χ4v) is 2.72. The molecule has 0 bridgehead atoms. The molecule has 2 aromatic carbocycles. The van der Waals surface area contributed by atoms with Crippen molar-refractivity contribution in [3.63, 3.8) is 0 Å². The van der Waals surface area contributed by atoms with Gasteiger partial charge in [0.1, 0.15) is 11.3 Å². The topological polar surface area (TPSA) is 99.1 Å². The third kappa shape index (κ3) is 3.12. The molecule has 0 atom stereocenters. The van der Waals surface area contributed by atoms with E-state index in [1.165, 1.54) is 0 Å². The van der Waals surface area contributed by atoms with E-state index in [-0.39, 0.29) is 11.9 Å². The van der Waals surface area contributed by atoms with E-state index >= 15 is 0 Å². The zero-order chi connectivity index (χ0) is 18.1. The number of ether oxygens (including phenoxy) is 1. The predicted octanol–water partition coefficient (Wildman–Crippen LogP) is 4.27. The van der Waals surface area contributed by atoms with Crippen LogP contribution in [0.25, 0.3) is 22.6 Å². The second-order valence-corrected chi connectivity index (χ2v) is 5.90. The van der Waals surface area contributed by atoms with Gasteiger partial charge in [0.25, 0.3) is 0 Å². The number of hydrogen-bond donors (Lipinski definition) is 2. The van der Waals surface area contributed by atoms with Crippen LogP contribution < -0.4 is 15.8 Å². The van der Waals surface area contributed by atoms with Gasteiger partial charge in [-0.05, 0) is 30.3 Å². The molecule has 0 spiro atoms. The summed E-state index contributed by atoms with van der Waals surface area (Å²) in [6.45, 7) is 0. The summed E-state index contributed by atoms with van der Waals surface area (Å²) in [6.07, 6.45) is 0. The Bertz CT molecular complexity index is 1060. The van der Waals surface area contributed by atoms with Crippen molar-refractivity contribution in [2.24, 2.45) is 0 Å². The third-order valence-electron chi connectivity index (χ3n) is 3.71. The average Bonchev–Trinajstić information content (AvgIpc) is 3.06. The first-order valence-corrected chi connectivity index (χ1v) is 8.11. The quantitative estimate of drug-likeness (QED) is 0.555. The maximum absolute atomic E-state index is 6.06. The van der Waals surface area contributed by atoms with E-state index < -0.39 is 0 Å². The lowest BCUT2D eigenvalue weighted by Crippen LogP contribution is -2.05. The monoisotopic (exact) mass is 367 g/mol. The summed E-state index contributed by atoms with van der Waals surface area (Å²) in [5.41, 5.74) is 7.20. The molecule has 2 aromatic heterocycles. The molecule has 4 rings (SSSR count). The Morgan fingerprint density at radius 3 is 2.73 bits per heavy atom. The van der Waals surface area contributed by atoms with Crippen LogP contribution in [0.1, 0.15) is 0 Å². The van der Waals surface area contributed by atoms with Crippen molar-refractivity contribution in [3.8, 4) is 17.3 Å². The molecule has 4 aromatic rings. The highest BCUT2D eigenvalue weighted by Gasteiger charge is 2.13. The predicted molar refractivity (Wildman–Crippen MR) is 101 cm³/mol. The van der Waals surface area contributed by atoms with Crippen LogP contribution in [0.4, 0.5) is 17.6 Å². The van der Waals surface area contributed by atoms with Crippen LogP contribution in [0.5, 0.6) is 5.75 Å². The third-order valence-corrected chi connectivity index (χ3v) is 3.94. The molecule has 2 heterocycles. The molecule has 0 aliphatic heterocycles. The highest BCUT2D eigenvalue weighted by Crippen LogP contribution is 2.31. The molecule has 0 fully saturated rings. The Hall–Kier alpha value is -3.32. The maximum atomic E-state index is 6.06. The number of nitrogens with one attached hydrogen (secondary N) is 1. The number of fused-ring (bicyclic) bond motifs is 1. The number of anilines is 3. The van der Waals surface area contributed by atoms with Crippen LogP contribution in [0, 0.1) is 0 Å². The van der Waals surface area contributed by atoms with Gasteiger partial charge < -0.3 is 20.2 Å². The van der Waals surface area contributed by atoms with Gasteiger partial charge in [0.2, 0.25) is 17.7 Å². The molecule has 0 saturated carbocycles. The summed E-state index contributed by atoms with van der Waals surface area (Å²) in [5.74, 6) is 1.75. The Labute approximate surface area is 153 Å². The second-order valence-electron chi connectivity index (χ2n) is 5.46. The molecule has 0 aliphatic carbocycles. The number of rotatable bonds is 4. The number of nitrogens with two attached hydrogens (primary N) is 1. The van der Waals surface area contributed by atoms with Crippen LogP contribution in [0.3, 0.4) is 0 Å². The van der Waals surface area contributed by atoms with Gasteiger partial charge in [-0.3, -0.25) is 0 Å². The maximum Gasteiger partial charge on any atom is 0.232 e. The van der Waals surface area contributed by atoms with E-state index in [0.29, 0.717) is 28.0 Å². The van der Waals surface area contributed by atoms with Crippen molar-refractivity contribution in [1.82, 2.24) is 15.0 Å². The van der Waals surface area contributed by atoms with Crippen LogP contribution in [0.2, 0.25) is 5.02 Å². The number of furan rings is 1. The smallest absolute Gasteiger partial charge is 0.232 e. The molecule has 0 radical (unpaired) electrons. The van der Waals surface area contributed by atoms with Crippen molar-refractivity contribution in [2.45, 2.75) is 0 Å². The molecular weight excluding hydrogens is 354 g/mol. The summed E-state index contributed by atoms with van der Waals surface area (Å²) in [4.78, 5) is 12.7. The first-order valence-electron chi connectivity index (χ1n) is 7.73. The minimum absolute atomic E-state index is 0.0685. The Balaban J connectivity index is 1.74. The summed E-state index contributed by atoms with van der Waals surface area (Å²) in [6, 6.07) is 14.7. The van der Waals surface area contributed by atoms with Crippen LogP contribution in [0.15, 0.2) is 52.9 Å². The Kier molecular flexibility index (Phi) is 4.06. The van der Waals surface area contributed by atoms with Gasteiger partial charge in [-0.25, -0.2) is 0 Å². The lowest BCUT2D eigenvalue weighted by Gasteiger charge is -2.11. The van der Waals surface area contributed by atoms with Crippen molar-refractivity contribution in [3.05, 3.63) is 53.6 Å². The van der Waals surface area contributed by atoms with Gasteiger partial charge >= 0.3 is 0 Å². The fourth-order valence-electron chi connectivity index (χ4n) is 2.55. The molecule has 26 heavy (non-hydrogen) atoms. The molecular formula is C18H14ClN5O2. The normalized spacial score (nSPS) is 10.8. The zero-order valence-electron chi connectivity index (χ0n) is 13.7. The standard InChI is InChI=1S/C18H14ClN5O2/c1-25-14-7-6-11(19)9-12(14)21-18-23-16(22-17(20)24-18)15-8-10-4-2-3-5-13(10)26-15/h2-9H,1H3,(H3,20,21,22,23,24). The summed E-state index contributed by atoms with van der Waals surface area (Å²) in [7, 11) is 1.57. The number of nitrogen functional groups attached to an aromatic ring is 1. The first-order chi connectivity index (χ1) is 12.6. The number of benzene rings is 2. The van der Waals surface area contributed by atoms with Crippen LogP contribution in [-0.4, -0.2) is 22.1 Å². The van der Waals surface area contributed by atoms with E-state index in [1.807, 2.05) is 30.3 Å². The van der Waals surface area contributed by atoms with Gasteiger partial charge in [0, 0.05) is 10.4 Å². The SMILES string of the molecule is COc1ccc(Cl)cc1Nc1nc(N)nc(-c2cc3ccccc3o2)n1. The summed E-state index contributed by atoms with van der Waals surface area (Å²) in [5, 5.41) is 4.56. The van der Waals surface area contributed by atoms with Crippen LogP contribution >= 0.6 is 11.6 Å². The molecule has 0 aliphatic rings. The highest BCUT2D eigenvalue weighted by molar-refractivity contribution is 6.31. The van der Waals surface area contributed by atoms with E-state index in [1.54, 1.807) is 25.3 Å². The van der Waals surface area contributed by atoms with E-state index in [4.69, 9.17) is 26.5 Å². The lowest BCUT2D eigenvalue weighted by atomic mass is 10.2. The number of halogens is 1. The van der Waals surface area contributed by atoms with Gasteiger partial charge in [-0.1, -0.05) is 29.8 Å². The summed E-state index contributed by atoms with van der Waals surface area (Å²) >= 11 is 6.06. The second kappa shape index (κ2) is 6.53. The number of aromatic nitrogens is 3. The number of para-hydroxylation sites is 1. The van der Waals surface area contributed by atoms with Crippen LogP contribution in [-0.2, 0) is 0 Å². The minimum atomic E-state index is 0.0685. The Morgan fingerprint density at radius 2 is 1.92 bits per heavy atom. The van der Waals surface area contributed by atoms with Gasteiger partial charge in [0.05, 0.1) is 12.8 Å².